The summed E-state index contributed by atoms with van der Waals surface area (Å²) in [6, 6.07) is 14.2. The van der Waals surface area contributed by atoms with Gasteiger partial charge in [0, 0.05) is 17.5 Å². The fraction of sp³-hybridized carbons (Fsp3) is 0.217. The Morgan fingerprint density at radius 2 is 1.97 bits per heavy atom. The number of halogens is 1. The largest absolute Gasteiger partial charge is 0.489 e. The second-order valence-electron chi connectivity index (χ2n) is 6.80. The van der Waals surface area contributed by atoms with Gasteiger partial charge in [0.1, 0.15) is 24.4 Å². The van der Waals surface area contributed by atoms with Crippen molar-refractivity contribution in [3.63, 3.8) is 0 Å². The van der Waals surface area contributed by atoms with E-state index in [9.17, 15) is 14.3 Å². The van der Waals surface area contributed by atoms with Crippen LogP contribution in [0.25, 0.3) is 5.57 Å². The highest BCUT2D eigenvalue weighted by Crippen LogP contribution is 2.29. The Kier molecular flexibility index (Phi) is 6.85. The van der Waals surface area contributed by atoms with Crippen molar-refractivity contribution in [2.75, 3.05) is 6.86 Å². The van der Waals surface area contributed by atoms with Crippen molar-refractivity contribution in [2.24, 2.45) is 0 Å². The Morgan fingerprint density at radius 1 is 1.20 bits per heavy atom. The molecule has 3 rings (SSSR count). The molecule has 1 atom stereocenters. The zero-order chi connectivity index (χ0) is 21.5. The van der Waals surface area contributed by atoms with E-state index in [0.717, 1.165) is 22.3 Å². The molecule has 30 heavy (non-hydrogen) atoms. The highest BCUT2D eigenvalue weighted by Gasteiger charge is 2.20. The number of alkyl halides is 1. The molecule has 1 N–H and O–H groups in total. The van der Waals surface area contributed by atoms with Crippen molar-refractivity contribution in [1.82, 2.24) is 5.16 Å². The molecule has 0 aliphatic heterocycles. The third-order valence-electron chi connectivity index (χ3n) is 4.60. The molecule has 0 radical (unpaired) electrons. The summed E-state index contributed by atoms with van der Waals surface area (Å²) in [5, 5.41) is 13.1. The number of ether oxygens (including phenoxy) is 2. The maximum Gasteiger partial charge on any atom is 0.304 e. The summed E-state index contributed by atoms with van der Waals surface area (Å²) in [5.41, 5.74) is 3.70. The van der Waals surface area contributed by atoms with Crippen molar-refractivity contribution in [2.45, 2.75) is 25.9 Å². The minimum Gasteiger partial charge on any atom is -0.489 e. The topological polar surface area (TPSA) is 81.8 Å². The lowest BCUT2D eigenvalue weighted by atomic mass is 9.92. The maximum absolute atomic E-state index is 12.7. The molecule has 156 valence electrons. The van der Waals surface area contributed by atoms with Crippen LogP contribution in [0.2, 0.25) is 0 Å². The Hall–Kier alpha value is -3.61. The number of benzene rings is 2. The first-order valence-corrected chi connectivity index (χ1v) is 9.30. The van der Waals surface area contributed by atoms with Gasteiger partial charge in [-0.25, -0.2) is 4.39 Å². The van der Waals surface area contributed by atoms with Gasteiger partial charge in [0.25, 0.3) is 0 Å². The van der Waals surface area contributed by atoms with Gasteiger partial charge in [-0.1, -0.05) is 36.0 Å². The third kappa shape index (κ3) is 5.26. The van der Waals surface area contributed by atoms with Crippen molar-refractivity contribution < 1.29 is 28.3 Å². The molecular weight excluding hydrogens is 389 g/mol. The van der Waals surface area contributed by atoms with Crippen molar-refractivity contribution >= 4 is 11.5 Å². The van der Waals surface area contributed by atoms with Gasteiger partial charge < -0.3 is 19.1 Å². The van der Waals surface area contributed by atoms with Crippen molar-refractivity contribution in [1.29, 1.82) is 0 Å². The molecule has 2 aromatic carbocycles. The second-order valence-corrected chi connectivity index (χ2v) is 6.80. The molecule has 1 heterocycles. The van der Waals surface area contributed by atoms with Crippen molar-refractivity contribution in [3.8, 4) is 11.5 Å². The quantitative estimate of drug-likeness (QED) is 0.494. The van der Waals surface area contributed by atoms with Crippen LogP contribution in [-0.2, 0) is 11.4 Å². The molecule has 6 nitrogen and oxygen atoms in total. The first kappa shape index (κ1) is 21.1. The van der Waals surface area contributed by atoms with Gasteiger partial charge in [-0.15, -0.1) is 0 Å². The van der Waals surface area contributed by atoms with E-state index in [-0.39, 0.29) is 13.0 Å². The predicted octanol–water partition coefficient (Wildman–Crippen LogP) is 5.20. The molecule has 1 aromatic heterocycles. The van der Waals surface area contributed by atoms with E-state index < -0.39 is 18.7 Å². The SMILES string of the molecule is C=C(C)c1ccc(COc2ccc([C@H](CC(=O)O)c3ccon3)cc2)cc1OCF. The number of nitrogens with zero attached hydrogens (tertiary/aromatic N) is 1. The second kappa shape index (κ2) is 9.73. The van der Waals surface area contributed by atoms with Gasteiger partial charge in [-0.05, 0) is 41.8 Å². The van der Waals surface area contributed by atoms with Crippen molar-refractivity contribution in [3.05, 3.63) is 83.8 Å². The molecule has 0 aliphatic rings. The summed E-state index contributed by atoms with van der Waals surface area (Å²) >= 11 is 0. The van der Waals surface area contributed by atoms with Crippen LogP contribution in [0.5, 0.6) is 11.5 Å². The number of carboxylic acids is 1. The molecule has 0 spiro atoms. The number of aliphatic carboxylic acids is 1. The van der Waals surface area contributed by atoms with E-state index in [4.69, 9.17) is 14.0 Å². The summed E-state index contributed by atoms with van der Waals surface area (Å²) in [5.74, 6) is -0.297. The van der Waals surface area contributed by atoms with Crippen LogP contribution in [0, 0.1) is 0 Å². The van der Waals surface area contributed by atoms with Crippen LogP contribution in [0.1, 0.15) is 41.6 Å². The minimum atomic E-state index is -0.923. The van der Waals surface area contributed by atoms with Crippen LogP contribution in [0.3, 0.4) is 0 Å². The average Bonchev–Trinajstić information content (AvgIpc) is 3.25. The zero-order valence-corrected chi connectivity index (χ0v) is 16.5. The fourth-order valence-electron chi connectivity index (χ4n) is 3.12. The van der Waals surface area contributed by atoms with Gasteiger partial charge in [-0.3, -0.25) is 4.79 Å². The number of aromatic nitrogens is 1. The van der Waals surface area contributed by atoms with Gasteiger partial charge in [0.2, 0.25) is 6.86 Å². The van der Waals surface area contributed by atoms with E-state index in [2.05, 4.69) is 11.7 Å². The molecular formula is C23H22FNO5. The highest BCUT2D eigenvalue weighted by molar-refractivity contribution is 5.69. The number of carboxylic acid groups (broad SMARTS) is 1. The van der Waals surface area contributed by atoms with Gasteiger partial charge in [0.15, 0.2) is 0 Å². The van der Waals surface area contributed by atoms with Crippen LogP contribution < -0.4 is 9.47 Å². The molecule has 0 fully saturated rings. The summed E-state index contributed by atoms with van der Waals surface area (Å²) in [6.07, 6.45) is 1.32. The Morgan fingerprint density at radius 3 is 2.57 bits per heavy atom. The molecule has 7 heteroatoms. The molecule has 0 saturated carbocycles. The van der Waals surface area contributed by atoms with E-state index >= 15 is 0 Å². The highest BCUT2D eigenvalue weighted by atomic mass is 19.1. The van der Waals surface area contributed by atoms with Crippen LogP contribution in [0.15, 0.2) is 65.9 Å². The number of hydrogen-bond acceptors (Lipinski definition) is 5. The molecule has 3 aromatic rings. The van der Waals surface area contributed by atoms with E-state index in [1.807, 2.05) is 19.1 Å². The Labute approximate surface area is 173 Å². The van der Waals surface area contributed by atoms with Gasteiger partial charge >= 0.3 is 5.97 Å². The molecule has 0 aliphatic carbocycles. The average molecular weight is 411 g/mol. The minimum absolute atomic E-state index is 0.0981. The molecule has 0 unspecified atom stereocenters. The summed E-state index contributed by atoms with van der Waals surface area (Å²) in [6.45, 7) is 5.04. The summed E-state index contributed by atoms with van der Waals surface area (Å²) in [7, 11) is 0. The smallest absolute Gasteiger partial charge is 0.304 e. The fourth-order valence-corrected chi connectivity index (χ4v) is 3.12. The third-order valence-corrected chi connectivity index (χ3v) is 4.60. The van der Waals surface area contributed by atoms with E-state index in [0.29, 0.717) is 17.2 Å². The Bertz CT molecular complexity index is 999. The monoisotopic (exact) mass is 411 g/mol. The molecule has 0 saturated heterocycles. The van der Waals surface area contributed by atoms with E-state index in [1.165, 1.54) is 6.26 Å². The normalized spacial score (nSPS) is 11.7. The summed E-state index contributed by atoms with van der Waals surface area (Å²) in [4.78, 5) is 11.2. The summed E-state index contributed by atoms with van der Waals surface area (Å²) < 4.78 is 28.4. The van der Waals surface area contributed by atoms with Crippen LogP contribution in [0.4, 0.5) is 4.39 Å². The van der Waals surface area contributed by atoms with Crippen LogP contribution >= 0.6 is 0 Å². The molecule has 0 amide bonds. The molecule has 0 bridgehead atoms. The first-order chi connectivity index (χ1) is 14.5. The lowest BCUT2D eigenvalue weighted by Crippen LogP contribution is -2.08. The number of carbonyl (C=O) groups is 1. The number of allylic oxidation sites excluding steroid dienone is 1. The number of rotatable bonds is 10. The first-order valence-electron chi connectivity index (χ1n) is 9.30. The Balaban J connectivity index is 1.70. The maximum atomic E-state index is 12.7. The standard InChI is InChI=1S/C23H22FNO5/c1-15(2)19-8-3-16(11-22(19)29-14-24)13-28-18-6-4-17(5-7-18)20(12-23(26)27)21-9-10-30-25-21/h3-11,20H,1,12-14H2,2H3,(H,26,27)/t20-/m0/s1. The lowest BCUT2D eigenvalue weighted by molar-refractivity contribution is -0.137. The lowest BCUT2D eigenvalue weighted by Gasteiger charge is -2.14. The van der Waals surface area contributed by atoms with Gasteiger partial charge in [-0.2, -0.15) is 0 Å². The predicted molar refractivity (Wildman–Crippen MR) is 109 cm³/mol. The van der Waals surface area contributed by atoms with Gasteiger partial charge in [0.05, 0.1) is 12.1 Å². The number of hydrogen-bond donors (Lipinski definition) is 1. The van der Waals surface area contributed by atoms with E-state index in [1.54, 1.807) is 36.4 Å². The zero-order valence-electron chi connectivity index (χ0n) is 16.5. The van der Waals surface area contributed by atoms with Crippen LogP contribution in [-0.4, -0.2) is 23.1 Å².